The van der Waals surface area contributed by atoms with Crippen molar-refractivity contribution in [2.75, 3.05) is 0 Å². The molecule has 1 aromatic heterocycles. The Hall–Kier alpha value is -1.40. The minimum atomic E-state index is -0.776. The number of ether oxygens (including phenoxy) is 2. The highest BCUT2D eigenvalue weighted by Gasteiger charge is 2.29. The van der Waals surface area contributed by atoms with E-state index in [-0.39, 0.29) is 18.3 Å². The summed E-state index contributed by atoms with van der Waals surface area (Å²) in [4.78, 5) is 12.0. The van der Waals surface area contributed by atoms with Gasteiger partial charge >= 0.3 is 5.97 Å². The summed E-state index contributed by atoms with van der Waals surface area (Å²) in [6.07, 6.45) is 4.84. The number of nitrogens with two attached hydrogens (primary N) is 1. The lowest BCUT2D eigenvalue weighted by Gasteiger charge is -2.32. The third-order valence-electron chi connectivity index (χ3n) is 3.27. The van der Waals surface area contributed by atoms with Gasteiger partial charge in [-0.15, -0.1) is 0 Å². The SMILES string of the molecule is CC1CC(OC(=O)C(N)c2cnn(C)c2)CC(C)O1. The second-order valence-corrected chi connectivity index (χ2v) is 5.21. The molecule has 106 valence electrons. The van der Waals surface area contributed by atoms with Crippen LogP contribution in [0.5, 0.6) is 0 Å². The maximum atomic E-state index is 12.0. The predicted molar refractivity (Wildman–Crippen MR) is 69.3 cm³/mol. The zero-order valence-electron chi connectivity index (χ0n) is 11.6. The highest BCUT2D eigenvalue weighted by atomic mass is 16.6. The first-order valence-corrected chi connectivity index (χ1v) is 6.55. The minimum absolute atomic E-state index is 0.108. The number of hydrogen-bond donors (Lipinski definition) is 1. The maximum absolute atomic E-state index is 12.0. The van der Waals surface area contributed by atoms with Gasteiger partial charge in [-0.05, 0) is 13.8 Å². The van der Waals surface area contributed by atoms with Gasteiger partial charge in [-0.2, -0.15) is 5.10 Å². The second-order valence-electron chi connectivity index (χ2n) is 5.21. The molecule has 1 aromatic rings. The number of carbonyl (C=O) groups excluding carboxylic acids is 1. The fourth-order valence-electron chi connectivity index (χ4n) is 2.41. The normalized spacial score (nSPS) is 28.9. The Morgan fingerprint density at radius 2 is 2.16 bits per heavy atom. The van der Waals surface area contributed by atoms with E-state index in [0.717, 1.165) is 12.8 Å². The van der Waals surface area contributed by atoms with Crippen LogP contribution in [0.3, 0.4) is 0 Å². The molecule has 1 aliphatic rings. The van der Waals surface area contributed by atoms with Crippen molar-refractivity contribution in [1.29, 1.82) is 0 Å². The Morgan fingerprint density at radius 3 is 2.68 bits per heavy atom. The van der Waals surface area contributed by atoms with Crippen molar-refractivity contribution < 1.29 is 14.3 Å². The smallest absolute Gasteiger partial charge is 0.327 e. The number of nitrogens with zero attached hydrogens (tertiary/aromatic N) is 2. The Labute approximate surface area is 112 Å². The molecule has 0 spiro atoms. The van der Waals surface area contributed by atoms with Gasteiger partial charge < -0.3 is 15.2 Å². The second kappa shape index (κ2) is 5.71. The lowest BCUT2D eigenvalue weighted by molar-refractivity contribution is -0.161. The average Bonchev–Trinajstić information content (AvgIpc) is 2.73. The zero-order chi connectivity index (χ0) is 14.0. The molecule has 3 unspecified atom stereocenters. The lowest BCUT2D eigenvalue weighted by Crippen LogP contribution is -2.37. The Morgan fingerprint density at radius 1 is 1.53 bits per heavy atom. The van der Waals surface area contributed by atoms with Gasteiger partial charge in [0.15, 0.2) is 0 Å². The predicted octanol–water partition coefficient (Wildman–Crippen LogP) is 0.919. The van der Waals surface area contributed by atoms with Crippen LogP contribution in [0.2, 0.25) is 0 Å². The van der Waals surface area contributed by atoms with Crippen LogP contribution in [-0.4, -0.2) is 34.1 Å². The summed E-state index contributed by atoms with van der Waals surface area (Å²) in [5.41, 5.74) is 6.55. The maximum Gasteiger partial charge on any atom is 0.327 e. The lowest BCUT2D eigenvalue weighted by atomic mass is 10.0. The van der Waals surface area contributed by atoms with Crippen LogP contribution in [0.15, 0.2) is 12.4 Å². The van der Waals surface area contributed by atoms with Gasteiger partial charge in [0.05, 0.1) is 18.4 Å². The van der Waals surface area contributed by atoms with E-state index in [4.69, 9.17) is 15.2 Å². The van der Waals surface area contributed by atoms with Crippen LogP contribution in [0.4, 0.5) is 0 Å². The van der Waals surface area contributed by atoms with Crippen molar-refractivity contribution >= 4 is 5.97 Å². The van der Waals surface area contributed by atoms with Gasteiger partial charge in [0.2, 0.25) is 0 Å². The molecule has 0 bridgehead atoms. The molecule has 0 aromatic carbocycles. The van der Waals surface area contributed by atoms with Gasteiger partial charge in [0.1, 0.15) is 12.1 Å². The topological polar surface area (TPSA) is 79.4 Å². The van der Waals surface area contributed by atoms with Gasteiger partial charge in [0.25, 0.3) is 0 Å². The third-order valence-corrected chi connectivity index (χ3v) is 3.27. The average molecular weight is 267 g/mol. The highest BCUT2D eigenvalue weighted by Crippen LogP contribution is 2.23. The monoisotopic (exact) mass is 267 g/mol. The van der Waals surface area contributed by atoms with Gasteiger partial charge in [0, 0.05) is 31.6 Å². The van der Waals surface area contributed by atoms with Crippen molar-refractivity contribution in [3.63, 3.8) is 0 Å². The van der Waals surface area contributed by atoms with E-state index in [9.17, 15) is 4.79 Å². The molecule has 0 amide bonds. The van der Waals surface area contributed by atoms with E-state index in [1.807, 2.05) is 13.8 Å². The van der Waals surface area contributed by atoms with Crippen LogP contribution in [0, 0.1) is 0 Å². The highest BCUT2D eigenvalue weighted by molar-refractivity contribution is 5.77. The Balaban J connectivity index is 1.93. The van der Waals surface area contributed by atoms with E-state index in [1.54, 1.807) is 24.1 Å². The molecule has 0 saturated carbocycles. The van der Waals surface area contributed by atoms with Crippen LogP contribution < -0.4 is 5.73 Å². The summed E-state index contributed by atoms with van der Waals surface area (Å²) in [6, 6.07) is -0.776. The van der Waals surface area contributed by atoms with E-state index in [1.165, 1.54) is 0 Å². The van der Waals surface area contributed by atoms with Crippen LogP contribution in [0.25, 0.3) is 0 Å². The summed E-state index contributed by atoms with van der Waals surface area (Å²) >= 11 is 0. The van der Waals surface area contributed by atoms with Crippen molar-refractivity contribution in [1.82, 2.24) is 9.78 Å². The minimum Gasteiger partial charge on any atom is -0.461 e. The van der Waals surface area contributed by atoms with Crippen molar-refractivity contribution in [2.24, 2.45) is 12.8 Å². The van der Waals surface area contributed by atoms with E-state index in [2.05, 4.69) is 5.10 Å². The number of carbonyl (C=O) groups is 1. The van der Waals surface area contributed by atoms with Crippen molar-refractivity contribution in [3.05, 3.63) is 18.0 Å². The summed E-state index contributed by atoms with van der Waals surface area (Å²) in [5.74, 6) is -0.403. The molecule has 0 radical (unpaired) electrons. The molecule has 6 heteroatoms. The first-order chi connectivity index (χ1) is 8.95. The molecule has 1 aliphatic heterocycles. The Kier molecular flexibility index (Phi) is 4.21. The fourth-order valence-corrected chi connectivity index (χ4v) is 2.41. The first kappa shape index (κ1) is 14.0. The molecule has 0 aliphatic carbocycles. The van der Waals surface area contributed by atoms with E-state index < -0.39 is 12.0 Å². The van der Waals surface area contributed by atoms with Gasteiger partial charge in [-0.25, -0.2) is 4.79 Å². The molecular weight excluding hydrogens is 246 g/mol. The quantitative estimate of drug-likeness (QED) is 0.824. The van der Waals surface area contributed by atoms with Crippen molar-refractivity contribution in [2.45, 2.75) is 51.0 Å². The summed E-state index contributed by atoms with van der Waals surface area (Å²) in [5, 5.41) is 4.00. The molecule has 2 N–H and O–H groups in total. The Bertz CT molecular complexity index is 436. The van der Waals surface area contributed by atoms with Crippen LogP contribution in [-0.2, 0) is 21.3 Å². The standard InChI is InChI=1S/C13H21N3O3/c1-8-4-11(5-9(2)18-8)19-13(17)12(14)10-6-15-16(3)7-10/h6-9,11-12H,4-5,14H2,1-3H3. The fraction of sp³-hybridized carbons (Fsp3) is 0.692. The molecule has 2 rings (SSSR count). The number of aryl methyl sites for hydroxylation is 1. The molecular formula is C13H21N3O3. The van der Waals surface area contributed by atoms with Gasteiger partial charge in [-0.3, -0.25) is 4.68 Å². The molecule has 1 fully saturated rings. The first-order valence-electron chi connectivity index (χ1n) is 6.55. The third kappa shape index (κ3) is 3.54. The largest absolute Gasteiger partial charge is 0.461 e. The molecule has 6 nitrogen and oxygen atoms in total. The molecule has 2 heterocycles. The molecule has 3 atom stereocenters. The summed E-state index contributed by atoms with van der Waals surface area (Å²) in [7, 11) is 1.78. The number of esters is 1. The number of rotatable bonds is 3. The number of aromatic nitrogens is 2. The van der Waals surface area contributed by atoms with Crippen LogP contribution in [0.1, 0.15) is 38.3 Å². The van der Waals surface area contributed by atoms with Crippen molar-refractivity contribution in [3.8, 4) is 0 Å². The van der Waals surface area contributed by atoms with E-state index >= 15 is 0 Å². The zero-order valence-corrected chi connectivity index (χ0v) is 11.6. The summed E-state index contributed by atoms with van der Waals surface area (Å²) < 4.78 is 12.7. The summed E-state index contributed by atoms with van der Waals surface area (Å²) in [6.45, 7) is 3.97. The molecule has 1 saturated heterocycles. The van der Waals surface area contributed by atoms with Crippen LogP contribution >= 0.6 is 0 Å². The van der Waals surface area contributed by atoms with E-state index in [0.29, 0.717) is 5.56 Å². The molecule has 19 heavy (non-hydrogen) atoms. The van der Waals surface area contributed by atoms with Gasteiger partial charge in [-0.1, -0.05) is 0 Å². The number of hydrogen-bond acceptors (Lipinski definition) is 5.